The molecule has 0 spiro atoms. The van der Waals surface area contributed by atoms with Gasteiger partial charge in [0, 0.05) is 0 Å². The van der Waals surface area contributed by atoms with E-state index in [1.54, 1.807) is 0 Å². The monoisotopic (exact) mass is 231 g/mol. The summed E-state index contributed by atoms with van der Waals surface area (Å²) in [5, 5.41) is -0.704. The fourth-order valence-corrected chi connectivity index (χ4v) is 2.89. The van der Waals surface area contributed by atoms with Crippen LogP contribution >= 0.6 is 0 Å². The summed E-state index contributed by atoms with van der Waals surface area (Å²) in [7, 11) is -4.94. The first kappa shape index (κ1) is 11.4. The first-order chi connectivity index (χ1) is 6.23. The molecule has 79 valence electrons. The van der Waals surface area contributed by atoms with E-state index >= 15 is 0 Å². The summed E-state index contributed by atoms with van der Waals surface area (Å²) in [5.41, 5.74) is 0. The van der Waals surface area contributed by atoms with Crippen LogP contribution in [0.2, 0.25) is 0 Å². The second-order valence-corrected chi connectivity index (χ2v) is 5.55. The third kappa shape index (κ3) is 2.40. The van der Waals surface area contributed by atoms with Crippen molar-refractivity contribution in [3.63, 3.8) is 0 Å². The van der Waals surface area contributed by atoms with Crippen LogP contribution in [-0.4, -0.2) is 20.4 Å². The Bertz CT molecular complexity index is 257. The minimum Gasteiger partial charge on any atom is -0.176 e. The summed E-state index contributed by atoms with van der Waals surface area (Å²) in [4.78, 5) is 0. The molecule has 0 saturated carbocycles. The second kappa shape index (κ2) is 3.45. The summed E-state index contributed by atoms with van der Waals surface area (Å²) >= 11 is 0. The molecule has 1 aliphatic carbocycles. The summed E-state index contributed by atoms with van der Waals surface area (Å²) in [6.07, 6.45) is 4.25. The van der Waals surface area contributed by atoms with Crippen molar-refractivity contribution in [1.29, 1.82) is 0 Å². The van der Waals surface area contributed by atoms with Gasteiger partial charge in [-0.25, -0.2) is 0 Å². The Kier molecular flexibility index (Phi) is 2.80. The summed E-state index contributed by atoms with van der Waals surface area (Å²) < 4.78 is 72.7. The first-order valence-electron chi connectivity index (χ1n) is 3.63. The molecule has 0 heterocycles. The van der Waals surface area contributed by atoms with E-state index in [0.717, 1.165) is 6.08 Å². The molecule has 0 N–H and O–H groups in total. The third-order valence-electron chi connectivity index (χ3n) is 1.69. The zero-order valence-corrected chi connectivity index (χ0v) is 7.86. The van der Waals surface area contributed by atoms with Crippen LogP contribution < -0.4 is 0 Å². The van der Waals surface area contributed by atoms with Gasteiger partial charge in [-0.3, -0.25) is 0 Å². The fraction of sp³-hybridized carbons (Fsp3) is 0.429. The maximum Gasteiger partial charge on any atom is 0.373 e. The van der Waals surface area contributed by atoms with E-state index in [-0.39, 0.29) is 6.42 Å². The van der Waals surface area contributed by atoms with Crippen LogP contribution in [0.4, 0.5) is 26.3 Å². The van der Waals surface area contributed by atoms with E-state index in [1.165, 1.54) is 6.08 Å². The predicted molar refractivity (Wildman–Crippen MR) is 39.8 cm³/mol. The van der Waals surface area contributed by atoms with Crippen molar-refractivity contribution in [2.24, 2.45) is 0 Å². The molecule has 0 aromatic rings. The zero-order valence-electron chi connectivity index (χ0n) is 6.71. The molecule has 0 aromatic heterocycles. The predicted octanol–water partition coefficient (Wildman–Crippen LogP) is 2.65. The molecule has 0 saturated heterocycles. The van der Waals surface area contributed by atoms with Gasteiger partial charge in [-0.05, 0) is 17.7 Å². The van der Waals surface area contributed by atoms with Crippen molar-refractivity contribution < 1.29 is 26.3 Å². The van der Waals surface area contributed by atoms with Gasteiger partial charge >= 0.3 is 20.4 Å². The van der Waals surface area contributed by atoms with Gasteiger partial charge in [0.1, 0.15) is 0 Å². The lowest BCUT2D eigenvalue weighted by Crippen LogP contribution is -2.48. The molecular formula is C7H5F6Si. The van der Waals surface area contributed by atoms with Crippen LogP contribution in [0.15, 0.2) is 17.3 Å². The molecule has 0 atom stereocenters. The Balaban J connectivity index is 3.00. The van der Waals surface area contributed by atoms with Gasteiger partial charge < -0.3 is 0 Å². The van der Waals surface area contributed by atoms with Gasteiger partial charge in [0.05, 0.1) is 0 Å². The Hall–Kier alpha value is -0.723. The molecule has 0 aliphatic heterocycles. The third-order valence-corrected chi connectivity index (χ3v) is 4.01. The Morgan fingerprint density at radius 3 is 1.86 bits per heavy atom. The highest BCUT2D eigenvalue weighted by molar-refractivity contribution is 6.71. The molecule has 1 radical (unpaired) electrons. The van der Waals surface area contributed by atoms with Crippen LogP contribution in [0.25, 0.3) is 0 Å². The quantitative estimate of drug-likeness (QED) is 0.480. The smallest absolute Gasteiger partial charge is 0.176 e. The van der Waals surface area contributed by atoms with Crippen LogP contribution in [-0.2, 0) is 0 Å². The van der Waals surface area contributed by atoms with Crippen LogP contribution in [0.5, 0.6) is 0 Å². The molecule has 1 aliphatic rings. The number of allylic oxidation sites excluding steroid dienone is 4. The maximum atomic E-state index is 12.1. The van der Waals surface area contributed by atoms with Crippen molar-refractivity contribution in [1.82, 2.24) is 0 Å². The molecule has 0 bridgehead atoms. The van der Waals surface area contributed by atoms with Gasteiger partial charge in [-0.1, -0.05) is 12.2 Å². The van der Waals surface area contributed by atoms with Crippen LogP contribution in [0, 0.1) is 6.08 Å². The average molecular weight is 231 g/mol. The van der Waals surface area contributed by atoms with Crippen molar-refractivity contribution in [2.75, 3.05) is 0 Å². The topological polar surface area (TPSA) is 0 Å². The molecule has 0 fully saturated rings. The average Bonchev–Trinajstić information content (AvgIpc) is 2.31. The largest absolute Gasteiger partial charge is 0.373 e. The highest BCUT2D eigenvalue weighted by Gasteiger charge is 2.60. The second-order valence-electron chi connectivity index (χ2n) is 2.75. The molecule has 1 rings (SSSR count). The van der Waals surface area contributed by atoms with E-state index < -0.39 is 25.6 Å². The van der Waals surface area contributed by atoms with E-state index in [0.29, 0.717) is 0 Å². The molecule has 0 unspecified atom stereocenters. The van der Waals surface area contributed by atoms with E-state index in [2.05, 4.69) is 6.08 Å². The maximum absolute atomic E-state index is 12.1. The number of hydrogen-bond acceptors (Lipinski definition) is 0. The SMILES string of the molecule is FC(F)(F)[SiH](C1=[C]CC=C1)C(F)(F)F. The van der Waals surface area contributed by atoms with Crippen molar-refractivity contribution >= 4 is 8.80 Å². The Labute approximate surface area is 77.5 Å². The summed E-state index contributed by atoms with van der Waals surface area (Å²) in [5.74, 6) is -10.3. The van der Waals surface area contributed by atoms with Gasteiger partial charge in [-0.2, -0.15) is 26.3 Å². The number of alkyl halides is 6. The lowest BCUT2D eigenvalue weighted by molar-refractivity contribution is -0.102. The first-order valence-corrected chi connectivity index (χ1v) is 5.37. The van der Waals surface area contributed by atoms with Crippen molar-refractivity contribution in [3.8, 4) is 0 Å². The Morgan fingerprint density at radius 2 is 1.57 bits per heavy atom. The van der Waals surface area contributed by atoms with E-state index in [4.69, 9.17) is 0 Å². The van der Waals surface area contributed by atoms with Crippen LogP contribution in [0.1, 0.15) is 6.42 Å². The molecule has 0 nitrogen and oxygen atoms in total. The van der Waals surface area contributed by atoms with Gasteiger partial charge in [0.25, 0.3) is 0 Å². The van der Waals surface area contributed by atoms with Crippen molar-refractivity contribution in [2.45, 2.75) is 18.0 Å². The normalized spacial score (nSPS) is 17.8. The summed E-state index contributed by atoms with van der Waals surface area (Å²) in [6.45, 7) is 0. The Morgan fingerprint density at radius 1 is 1.07 bits per heavy atom. The van der Waals surface area contributed by atoms with Crippen molar-refractivity contribution in [3.05, 3.63) is 23.4 Å². The number of hydrogen-bond donors (Lipinski definition) is 0. The highest BCUT2D eigenvalue weighted by Crippen LogP contribution is 2.37. The standard InChI is InChI=1S/C7H5F6Si/c8-6(9,10)14(7(11,12)13)5-3-1-2-4-5/h1,3,14H,2H2. The lowest BCUT2D eigenvalue weighted by atomic mass is 10.5. The van der Waals surface area contributed by atoms with E-state index in [9.17, 15) is 26.3 Å². The fourth-order valence-electron chi connectivity index (χ4n) is 1.16. The molecule has 0 aromatic carbocycles. The minimum absolute atomic E-state index is 0.0327. The highest BCUT2D eigenvalue weighted by atomic mass is 28.3. The number of halogens is 6. The van der Waals surface area contributed by atoms with Crippen LogP contribution in [0.3, 0.4) is 0 Å². The molecule has 0 amide bonds. The lowest BCUT2D eigenvalue weighted by Gasteiger charge is -2.21. The molecule has 7 heteroatoms. The van der Waals surface area contributed by atoms with Gasteiger partial charge in [0.2, 0.25) is 0 Å². The van der Waals surface area contributed by atoms with Gasteiger partial charge in [-0.15, -0.1) is 0 Å². The van der Waals surface area contributed by atoms with Gasteiger partial charge in [0.15, 0.2) is 0 Å². The molecular weight excluding hydrogens is 226 g/mol. The number of rotatable bonds is 1. The zero-order chi connectivity index (χ0) is 11.0. The summed E-state index contributed by atoms with van der Waals surface area (Å²) in [6, 6.07) is 0. The minimum atomic E-state index is -5.17. The van der Waals surface area contributed by atoms with E-state index in [1.807, 2.05) is 0 Å². The molecule has 14 heavy (non-hydrogen) atoms.